The highest BCUT2D eigenvalue weighted by atomic mass is 35.5. The molecule has 0 spiro atoms. The van der Waals surface area contributed by atoms with Crippen LogP contribution >= 0.6 is 11.6 Å². The monoisotopic (exact) mass is 253 g/mol. The number of Topliss-reactive ketones (excluding diaryl/α,β-unsaturated/α-hetero) is 1. The fraction of sp³-hybridized carbons (Fsp3) is 0.462. The molecule has 1 aliphatic carbocycles. The van der Waals surface area contributed by atoms with Gasteiger partial charge < -0.3 is 10.8 Å². The summed E-state index contributed by atoms with van der Waals surface area (Å²) in [7, 11) is 0. The molecule has 3 unspecified atom stereocenters. The number of benzene rings is 1. The summed E-state index contributed by atoms with van der Waals surface area (Å²) in [5.74, 6) is -0.167. The van der Waals surface area contributed by atoms with Crippen LogP contribution in [0.2, 0.25) is 5.02 Å². The molecule has 1 aromatic rings. The molecule has 3 N–H and O–H groups in total. The number of ketones is 1. The Morgan fingerprint density at radius 1 is 1.35 bits per heavy atom. The predicted molar refractivity (Wildman–Crippen MR) is 66.9 cm³/mol. The van der Waals surface area contributed by atoms with Gasteiger partial charge in [-0.05, 0) is 36.8 Å². The van der Waals surface area contributed by atoms with Crippen LogP contribution in [0.25, 0.3) is 0 Å². The van der Waals surface area contributed by atoms with Crippen LogP contribution in [0, 0.1) is 5.92 Å². The van der Waals surface area contributed by atoms with Gasteiger partial charge in [0, 0.05) is 5.02 Å². The van der Waals surface area contributed by atoms with E-state index in [2.05, 4.69) is 0 Å². The van der Waals surface area contributed by atoms with Crippen LogP contribution < -0.4 is 5.73 Å². The maximum absolute atomic E-state index is 11.6. The molecule has 1 aliphatic rings. The third-order valence-electron chi connectivity index (χ3n) is 3.42. The molecule has 92 valence electrons. The van der Waals surface area contributed by atoms with Crippen molar-refractivity contribution < 1.29 is 9.90 Å². The largest absolute Gasteiger partial charge is 0.385 e. The molecule has 3 nitrogen and oxygen atoms in total. The van der Waals surface area contributed by atoms with Crippen molar-refractivity contribution in [2.24, 2.45) is 11.7 Å². The second-order valence-corrected chi connectivity index (χ2v) is 4.98. The maximum Gasteiger partial charge on any atom is 0.178 e. The van der Waals surface area contributed by atoms with Crippen LogP contribution in [-0.4, -0.2) is 23.0 Å². The summed E-state index contributed by atoms with van der Waals surface area (Å²) < 4.78 is 0. The Morgan fingerprint density at radius 3 is 2.76 bits per heavy atom. The Balaban J connectivity index is 2.10. The van der Waals surface area contributed by atoms with Gasteiger partial charge in [-0.25, -0.2) is 0 Å². The smallest absolute Gasteiger partial charge is 0.178 e. The van der Waals surface area contributed by atoms with Gasteiger partial charge in [-0.1, -0.05) is 29.8 Å². The summed E-state index contributed by atoms with van der Waals surface area (Å²) in [5.41, 5.74) is 6.87. The van der Waals surface area contributed by atoms with Crippen LogP contribution in [0.15, 0.2) is 24.3 Å². The number of carbonyl (C=O) groups excluding carboxylic acids is 1. The number of rotatable bonds is 2. The van der Waals surface area contributed by atoms with Gasteiger partial charge in [-0.3, -0.25) is 4.79 Å². The third kappa shape index (κ3) is 2.68. The maximum atomic E-state index is 11.6. The Bertz CT molecular complexity index is 422. The second-order valence-electron chi connectivity index (χ2n) is 4.58. The van der Waals surface area contributed by atoms with Gasteiger partial charge in [-0.2, -0.15) is 0 Å². The molecule has 3 atom stereocenters. The fourth-order valence-corrected chi connectivity index (χ4v) is 2.54. The van der Waals surface area contributed by atoms with Crippen molar-refractivity contribution in [1.29, 1.82) is 0 Å². The van der Waals surface area contributed by atoms with Gasteiger partial charge in [0.25, 0.3) is 0 Å². The van der Waals surface area contributed by atoms with E-state index in [9.17, 15) is 9.90 Å². The highest BCUT2D eigenvalue weighted by Crippen LogP contribution is 2.27. The first-order valence-corrected chi connectivity index (χ1v) is 6.18. The summed E-state index contributed by atoms with van der Waals surface area (Å²) >= 11 is 6.08. The van der Waals surface area contributed by atoms with Crippen molar-refractivity contribution in [2.75, 3.05) is 0 Å². The van der Waals surface area contributed by atoms with Crippen molar-refractivity contribution in [1.82, 2.24) is 0 Å². The lowest BCUT2D eigenvalue weighted by molar-refractivity contribution is -0.132. The lowest BCUT2D eigenvalue weighted by Gasteiger charge is -2.30. The molecule has 2 rings (SSSR count). The third-order valence-corrected chi connectivity index (χ3v) is 3.78. The molecule has 0 saturated heterocycles. The summed E-state index contributed by atoms with van der Waals surface area (Å²) in [5, 5.41) is 10.1. The first-order valence-electron chi connectivity index (χ1n) is 5.80. The standard InChI is InChI=1S/C13H16ClNO2/c14-10-4-2-1-3-8(10)7-9-5-6-11(16)13(17)12(9)15/h1-4,9,11-12,16H,5-7,15H2. The molecule has 1 aromatic carbocycles. The highest BCUT2D eigenvalue weighted by Gasteiger charge is 2.34. The van der Waals surface area contributed by atoms with Crippen LogP contribution in [0.5, 0.6) is 0 Å². The highest BCUT2D eigenvalue weighted by molar-refractivity contribution is 6.31. The summed E-state index contributed by atoms with van der Waals surface area (Å²) in [4.78, 5) is 11.6. The van der Waals surface area contributed by atoms with Gasteiger partial charge in [-0.15, -0.1) is 0 Å². The molecule has 0 aliphatic heterocycles. The van der Waals surface area contributed by atoms with E-state index in [1.807, 2.05) is 24.3 Å². The summed E-state index contributed by atoms with van der Waals surface area (Å²) in [6, 6.07) is 7.01. The van der Waals surface area contributed by atoms with E-state index >= 15 is 0 Å². The number of nitrogens with two attached hydrogens (primary N) is 1. The van der Waals surface area contributed by atoms with Crippen LogP contribution in [0.4, 0.5) is 0 Å². The summed E-state index contributed by atoms with van der Waals surface area (Å²) in [6.07, 6.45) is 1.08. The first-order chi connectivity index (χ1) is 8.09. The van der Waals surface area contributed by atoms with E-state index in [1.54, 1.807) is 0 Å². The van der Waals surface area contributed by atoms with Crippen molar-refractivity contribution in [3.63, 3.8) is 0 Å². The van der Waals surface area contributed by atoms with E-state index < -0.39 is 12.1 Å². The number of aliphatic hydroxyl groups is 1. The van der Waals surface area contributed by atoms with E-state index in [-0.39, 0.29) is 11.7 Å². The molecular weight excluding hydrogens is 238 g/mol. The Kier molecular flexibility index (Phi) is 3.82. The van der Waals surface area contributed by atoms with Crippen LogP contribution in [0.1, 0.15) is 18.4 Å². The quantitative estimate of drug-likeness (QED) is 0.841. The van der Waals surface area contributed by atoms with Gasteiger partial charge in [0.15, 0.2) is 5.78 Å². The zero-order chi connectivity index (χ0) is 12.4. The van der Waals surface area contributed by atoms with Crippen molar-refractivity contribution >= 4 is 17.4 Å². The van der Waals surface area contributed by atoms with Gasteiger partial charge in [0.05, 0.1) is 6.04 Å². The van der Waals surface area contributed by atoms with Crippen LogP contribution in [-0.2, 0) is 11.2 Å². The first kappa shape index (κ1) is 12.6. The zero-order valence-corrected chi connectivity index (χ0v) is 10.2. The average molecular weight is 254 g/mol. The SMILES string of the molecule is NC1C(=O)C(O)CCC1Cc1ccccc1Cl. The molecule has 17 heavy (non-hydrogen) atoms. The molecule has 0 bridgehead atoms. The molecular formula is C13H16ClNO2. The molecule has 0 heterocycles. The summed E-state index contributed by atoms with van der Waals surface area (Å²) in [6.45, 7) is 0. The van der Waals surface area contributed by atoms with E-state index in [4.69, 9.17) is 17.3 Å². The molecule has 0 amide bonds. The lowest BCUT2D eigenvalue weighted by Crippen LogP contribution is -2.48. The Hall–Kier alpha value is -0.900. The van der Waals surface area contributed by atoms with Gasteiger partial charge in [0.2, 0.25) is 0 Å². The molecule has 1 saturated carbocycles. The van der Waals surface area contributed by atoms with E-state index in [0.29, 0.717) is 17.9 Å². The Labute approximate surface area is 106 Å². The lowest BCUT2D eigenvalue weighted by atomic mass is 9.79. The minimum Gasteiger partial charge on any atom is -0.385 e. The minimum absolute atomic E-state index is 0.0748. The van der Waals surface area contributed by atoms with Gasteiger partial charge >= 0.3 is 0 Å². The van der Waals surface area contributed by atoms with Crippen molar-refractivity contribution in [3.05, 3.63) is 34.9 Å². The predicted octanol–water partition coefficient (Wildman–Crippen LogP) is 1.55. The average Bonchev–Trinajstić information content (AvgIpc) is 2.32. The number of hydrogen-bond donors (Lipinski definition) is 2. The second kappa shape index (κ2) is 5.17. The van der Waals surface area contributed by atoms with Crippen molar-refractivity contribution in [2.45, 2.75) is 31.4 Å². The number of hydrogen-bond acceptors (Lipinski definition) is 3. The zero-order valence-electron chi connectivity index (χ0n) is 9.47. The number of halogens is 1. The van der Waals surface area contributed by atoms with Gasteiger partial charge in [0.1, 0.15) is 6.10 Å². The molecule has 4 heteroatoms. The molecule has 1 fully saturated rings. The molecule has 0 radical (unpaired) electrons. The minimum atomic E-state index is -0.882. The normalized spacial score (nSPS) is 29.4. The van der Waals surface area contributed by atoms with Crippen LogP contribution in [0.3, 0.4) is 0 Å². The van der Waals surface area contributed by atoms with Crippen molar-refractivity contribution in [3.8, 4) is 0 Å². The fourth-order valence-electron chi connectivity index (χ4n) is 2.32. The Morgan fingerprint density at radius 2 is 2.06 bits per heavy atom. The van der Waals surface area contributed by atoms with E-state index in [1.165, 1.54) is 0 Å². The van der Waals surface area contributed by atoms with E-state index in [0.717, 1.165) is 12.0 Å². The number of carbonyl (C=O) groups is 1. The molecule has 0 aromatic heterocycles. The topological polar surface area (TPSA) is 63.3 Å². The number of aliphatic hydroxyl groups excluding tert-OH is 1.